The smallest absolute Gasteiger partial charge is 0.241 e. The molecule has 2 aliphatic heterocycles. The molecule has 1 amide bonds. The molecule has 0 saturated carbocycles. The number of fused-ring (bicyclic) bond motifs is 1. The summed E-state index contributed by atoms with van der Waals surface area (Å²) in [6, 6.07) is 5.87. The van der Waals surface area contributed by atoms with Crippen molar-refractivity contribution in [2.75, 3.05) is 36.8 Å². The lowest BCUT2D eigenvalue weighted by molar-refractivity contribution is -0.119. The average molecular weight is 245 g/mol. The van der Waals surface area contributed by atoms with Gasteiger partial charge in [-0.15, -0.1) is 0 Å². The van der Waals surface area contributed by atoms with E-state index in [9.17, 15) is 4.79 Å². The molecule has 4 nitrogen and oxygen atoms in total. The van der Waals surface area contributed by atoms with Gasteiger partial charge in [0.05, 0.1) is 6.54 Å². The Morgan fingerprint density at radius 3 is 2.78 bits per heavy atom. The van der Waals surface area contributed by atoms with E-state index in [0.717, 1.165) is 37.4 Å². The maximum atomic E-state index is 12.3. The van der Waals surface area contributed by atoms with E-state index in [1.165, 1.54) is 18.4 Å². The van der Waals surface area contributed by atoms with Crippen LogP contribution in [0.5, 0.6) is 0 Å². The van der Waals surface area contributed by atoms with E-state index in [2.05, 4.69) is 4.90 Å². The van der Waals surface area contributed by atoms with E-state index < -0.39 is 0 Å². The van der Waals surface area contributed by atoms with E-state index >= 15 is 0 Å². The van der Waals surface area contributed by atoms with Gasteiger partial charge >= 0.3 is 0 Å². The van der Waals surface area contributed by atoms with E-state index in [1.807, 2.05) is 23.1 Å². The fourth-order valence-corrected chi connectivity index (χ4v) is 2.87. The number of nitrogens with two attached hydrogens (primary N) is 1. The van der Waals surface area contributed by atoms with Crippen LogP contribution in [0.15, 0.2) is 18.2 Å². The average Bonchev–Trinajstić information content (AvgIpc) is 2.97. The number of likely N-dealkylation sites (tertiary alicyclic amines) is 1. The third-order valence-corrected chi connectivity index (χ3v) is 3.86. The first-order valence-corrected chi connectivity index (χ1v) is 6.65. The van der Waals surface area contributed by atoms with Crippen LogP contribution in [-0.2, 0) is 11.2 Å². The molecular formula is C14H19N3O. The monoisotopic (exact) mass is 245 g/mol. The molecule has 0 unspecified atom stereocenters. The highest BCUT2D eigenvalue weighted by atomic mass is 16.2. The largest absolute Gasteiger partial charge is 0.399 e. The minimum absolute atomic E-state index is 0.209. The topological polar surface area (TPSA) is 49.6 Å². The Balaban J connectivity index is 1.74. The minimum atomic E-state index is 0.209. The second-order valence-corrected chi connectivity index (χ2v) is 5.17. The number of amides is 1. The number of carbonyl (C=O) groups excluding carboxylic acids is 1. The summed E-state index contributed by atoms with van der Waals surface area (Å²) in [7, 11) is 0. The molecule has 1 saturated heterocycles. The van der Waals surface area contributed by atoms with Gasteiger partial charge in [-0.05, 0) is 50.0 Å². The fraction of sp³-hybridized carbons (Fsp3) is 0.500. The van der Waals surface area contributed by atoms with Crippen molar-refractivity contribution in [3.05, 3.63) is 23.8 Å². The SMILES string of the molecule is Nc1ccc2c(c1)N(C(=O)CN1CCCC1)CC2. The van der Waals surface area contributed by atoms with E-state index in [4.69, 9.17) is 5.73 Å². The van der Waals surface area contributed by atoms with Gasteiger partial charge in [-0.1, -0.05) is 6.07 Å². The van der Waals surface area contributed by atoms with Crippen molar-refractivity contribution in [3.63, 3.8) is 0 Å². The Morgan fingerprint density at radius 2 is 2.00 bits per heavy atom. The van der Waals surface area contributed by atoms with Crippen molar-refractivity contribution in [1.82, 2.24) is 4.90 Å². The Labute approximate surface area is 107 Å². The van der Waals surface area contributed by atoms with Crippen LogP contribution >= 0.6 is 0 Å². The van der Waals surface area contributed by atoms with Crippen LogP contribution in [-0.4, -0.2) is 37.0 Å². The van der Waals surface area contributed by atoms with Gasteiger partial charge in [-0.25, -0.2) is 0 Å². The van der Waals surface area contributed by atoms with E-state index in [0.29, 0.717) is 6.54 Å². The molecular weight excluding hydrogens is 226 g/mol. The quantitative estimate of drug-likeness (QED) is 0.798. The van der Waals surface area contributed by atoms with Gasteiger partial charge in [-0.3, -0.25) is 9.69 Å². The molecule has 0 spiro atoms. The molecule has 18 heavy (non-hydrogen) atoms. The van der Waals surface area contributed by atoms with Crippen LogP contribution < -0.4 is 10.6 Å². The summed E-state index contributed by atoms with van der Waals surface area (Å²) in [5.74, 6) is 0.209. The van der Waals surface area contributed by atoms with Crippen LogP contribution in [0.2, 0.25) is 0 Å². The highest BCUT2D eigenvalue weighted by Crippen LogP contribution is 2.30. The van der Waals surface area contributed by atoms with Crippen molar-refractivity contribution in [2.45, 2.75) is 19.3 Å². The highest BCUT2D eigenvalue weighted by molar-refractivity contribution is 5.97. The summed E-state index contributed by atoms with van der Waals surface area (Å²) in [5, 5.41) is 0. The lowest BCUT2D eigenvalue weighted by atomic mass is 10.1. The highest BCUT2D eigenvalue weighted by Gasteiger charge is 2.26. The number of nitrogens with zero attached hydrogens (tertiary/aromatic N) is 2. The zero-order chi connectivity index (χ0) is 12.5. The molecule has 0 radical (unpaired) electrons. The molecule has 2 heterocycles. The summed E-state index contributed by atoms with van der Waals surface area (Å²) in [5.41, 5.74) is 8.79. The maximum Gasteiger partial charge on any atom is 0.241 e. The summed E-state index contributed by atoms with van der Waals surface area (Å²) >= 11 is 0. The van der Waals surface area contributed by atoms with Crippen LogP contribution in [0, 0.1) is 0 Å². The van der Waals surface area contributed by atoms with Crippen LogP contribution in [0.4, 0.5) is 11.4 Å². The van der Waals surface area contributed by atoms with Crippen LogP contribution in [0.3, 0.4) is 0 Å². The predicted octanol–water partition coefficient (Wildman–Crippen LogP) is 1.25. The molecule has 1 aromatic rings. The molecule has 96 valence electrons. The van der Waals surface area contributed by atoms with Gasteiger partial charge in [0.25, 0.3) is 0 Å². The lowest BCUT2D eigenvalue weighted by Gasteiger charge is -2.21. The predicted molar refractivity (Wildman–Crippen MR) is 72.6 cm³/mol. The van der Waals surface area contributed by atoms with Gasteiger partial charge < -0.3 is 10.6 Å². The number of benzene rings is 1. The molecule has 2 aliphatic rings. The molecule has 2 N–H and O–H groups in total. The fourth-order valence-electron chi connectivity index (χ4n) is 2.87. The normalized spacial score (nSPS) is 19.2. The molecule has 1 aromatic carbocycles. The van der Waals surface area contributed by atoms with Crippen molar-refractivity contribution in [3.8, 4) is 0 Å². The standard InChI is InChI=1S/C14H19N3O/c15-12-4-3-11-5-8-17(13(11)9-12)14(18)10-16-6-1-2-7-16/h3-4,9H,1-2,5-8,10,15H2. The Bertz CT molecular complexity index is 466. The summed E-state index contributed by atoms with van der Waals surface area (Å²) in [6.45, 7) is 3.46. The number of anilines is 2. The second-order valence-electron chi connectivity index (χ2n) is 5.17. The summed E-state index contributed by atoms with van der Waals surface area (Å²) in [6.07, 6.45) is 3.38. The Morgan fingerprint density at radius 1 is 1.22 bits per heavy atom. The molecule has 0 bridgehead atoms. The number of rotatable bonds is 2. The van der Waals surface area contributed by atoms with Crippen molar-refractivity contribution >= 4 is 17.3 Å². The first kappa shape index (κ1) is 11.5. The van der Waals surface area contributed by atoms with Crippen molar-refractivity contribution in [1.29, 1.82) is 0 Å². The zero-order valence-corrected chi connectivity index (χ0v) is 10.6. The van der Waals surface area contributed by atoms with Gasteiger partial charge in [0, 0.05) is 17.9 Å². The molecule has 4 heteroatoms. The Hall–Kier alpha value is -1.55. The number of nitrogen functional groups attached to an aromatic ring is 1. The number of hydrogen-bond acceptors (Lipinski definition) is 3. The van der Waals surface area contributed by atoms with Crippen molar-refractivity contribution in [2.24, 2.45) is 0 Å². The lowest BCUT2D eigenvalue weighted by Crippen LogP contribution is -2.38. The van der Waals surface area contributed by atoms with Crippen molar-refractivity contribution < 1.29 is 4.79 Å². The molecule has 0 aromatic heterocycles. The van der Waals surface area contributed by atoms with Gasteiger partial charge in [0.1, 0.15) is 0 Å². The van der Waals surface area contributed by atoms with Gasteiger partial charge in [0.15, 0.2) is 0 Å². The van der Waals surface area contributed by atoms with Crippen LogP contribution in [0.25, 0.3) is 0 Å². The molecule has 3 rings (SSSR count). The van der Waals surface area contributed by atoms with Gasteiger partial charge in [0.2, 0.25) is 5.91 Å². The molecule has 1 fully saturated rings. The van der Waals surface area contributed by atoms with Gasteiger partial charge in [-0.2, -0.15) is 0 Å². The molecule has 0 atom stereocenters. The molecule has 0 aliphatic carbocycles. The first-order valence-electron chi connectivity index (χ1n) is 6.65. The minimum Gasteiger partial charge on any atom is -0.399 e. The Kier molecular flexibility index (Phi) is 2.96. The summed E-state index contributed by atoms with van der Waals surface area (Å²) in [4.78, 5) is 16.5. The number of carbonyl (C=O) groups is 1. The summed E-state index contributed by atoms with van der Waals surface area (Å²) < 4.78 is 0. The first-order chi connectivity index (χ1) is 8.74. The second kappa shape index (κ2) is 4.61. The van der Waals surface area contributed by atoms with E-state index in [-0.39, 0.29) is 5.91 Å². The third-order valence-electron chi connectivity index (χ3n) is 3.86. The zero-order valence-electron chi connectivity index (χ0n) is 10.6. The maximum absolute atomic E-state index is 12.3. The van der Waals surface area contributed by atoms with E-state index in [1.54, 1.807) is 0 Å². The number of hydrogen-bond donors (Lipinski definition) is 1. The van der Waals surface area contributed by atoms with Crippen LogP contribution in [0.1, 0.15) is 18.4 Å². The third kappa shape index (κ3) is 2.08.